The average Bonchev–Trinajstić information content (AvgIpc) is 2.18. The molecule has 0 fully saturated rings. The lowest BCUT2D eigenvalue weighted by Gasteiger charge is -1.90. The molecule has 0 heterocycles. The number of hydrogen-bond acceptors (Lipinski definition) is 0. The minimum Gasteiger partial charge on any atom is -0.0845 e. The molecule has 0 aromatic carbocycles. The van der Waals surface area contributed by atoms with Crippen LogP contribution in [0.15, 0.2) is 48.6 Å². The van der Waals surface area contributed by atoms with Crippen molar-refractivity contribution in [1.29, 1.82) is 0 Å². The fourth-order valence-electron chi connectivity index (χ4n) is 1.15. The summed E-state index contributed by atoms with van der Waals surface area (Å²) in [6.45, 7) is 0. The highest BCUT2D eigenvalue weighted by molar-refractivity contribution is 5.09. The quantitative estimate of drug-likeness (QED) is 0.519. The number of rotatable bonds is 0. The van der Waals surface area contributed by atoms with Crippen LogP contribution < -0.4 is 0 Å². The second kappa shape index (κ2) is 7.60. The molecule has 0 aliphatic heterocycles. The van der Waals surface area contributed by atoms with Crippen LogP contribution in [0.4, 0.5) is 0 Å². The summed E-state index contributed by atoms with van der Waals surface area (Å²) < 4.78 is 0. The Bertz CT molecular complexity index is 192. The van der Waals surface area contributed by atoms with Crippen LogP contribution in [-0.2, 0) is 0 Å². The van der Waals surface area contributed by atoms with Gasteiger partial charge in [-0.15, -0.1) is 0 Å². The fourth-order valence-corrected chi connectivity index (χ4v) is 1.15. The number of hydrogen-bond donors (Lipinski definition) is 0. The minimum absolute atomic E-state index is 1.03. The summed E-state index contributed by atoms with van der Waals surface area (Å²) in [6, 6.07) is 0. The zero-order valence-electron chi connectivity index (χ0n) is 8.02. The summed E-state index contributed by atoms with van der Waals surface area (Å²) in [7, 11) is 0. The van der Waals surface area contributed by atoms with Gasteiger partial charge in [0.2, 0.25) is 0 Å². The third kappa shape index (κ3) is 6.15. The summed E-state index contributed by atoms with van der Waals surface area (Å²) >= 11 is 0. The van der Waals surface area contributed by atoms with Crippen molar-refractivity contribution in [2.45, 2.75) is 25.7 Å². The largest absolute Gasteiger partial charge is 0.0845 e. The Labute approximate surface area is 81.4 Å². The summed E-state index contributed by atoms with van der Waals surface area (Å²) in [4.78, 5) is 0. The molecule has 1 aliphatic carbocycles. The van der Waals surface area contributed by atoms with E-state index in [0.717, 1.165) is 19.3 Å². The van der Waals surface area contributed by atoms with E-state index in [-0.39, 0.29) is 0 Å². The smallest absolute Gasteiger partial charge is 0.0163 e. The second-order valence-corrected chi connectivity index (χ2v) is 3.05. The van der Waals surface area contributed by atoms with Gasteiger partial charge < -0.3 is 0 Å². The monoisotopic (exact) mass is 173 g/mol. The minimum atomic E-state index is 1.03. The van der Waals surface area contributed by atoms with Crippen LogP contribution in [0.3, 0.4) is 0 Å². The molecule has 69 valence electrons. The molecule has 0 saturated heterocycles. The highest BCUT2D eigenvalue weighted by Crippen LogP contribution is 2.01. The lowest BCUT2D eigenvalue weighted by molar-refractivity contribution is 0.934. The van der Waals surface area contributed by atoms with Crippen LogP contribution >= 0.6 is 0 Å². The van der Waals surface area contributed by atoms with Gasteiger partial charge >= 0.3 is 0 Å². The highest BCUT2D eigenvalue weighted by atomic mass is 13.9. The van der Waals surface area contributed by atoms with Gasteiger partial charge in [-0.05, 0) is 32.1 Å². The molecule has 1 radical (unpaired) electrons. The maximum atomic E-state index is 2.32. The fraction of sp³-hybridized carbons (Fsp3) is 0.308. The Balaban J connectivity index is 2.38. The molecule has 1 rings (SSSR count). The summed E-state index contributed by atoms with van der Waals surface area (Å²) in [5, 5.41) is 0. The van der Waals surface area contributed by atoms with Gasteiger partial charge in [0.05, 0.1) is 0 Å². The van der Waals surface area contributed by atoms with Gasteiger partial charge in [0.1, 0.15) is 0 Å². The van der Waals surface area contributed by atoms with Gasteiger partial charge in [-0.3, -0.25) is 0 Å². The first kappa shape index (κ1) is 10.0. The molecule has 0 aromatic heterocycles. The van der Waals surface area contributed by atoms with E-state index in [2.05, 4.69) is 55.0 Å². The average molecular weight is 173 g/mol. The van der Waals surface area contributed by atoms with Crippen LogP contribution in [0.2, 0.25) is 0 Å². The molecule has 0 heteroatoms. The van der Waals surface area contributed by atoms with Gasteiger partial charge in [-0.1, -0.05) is 48.6 Å². The first-order chi connectivity index (χ1) is 6.50. The summed E-state index contributed by atoms with van der Waals surface area (Å²) in [6.07, 6.45) is 24.0. The Morgan fingerprint density at radius 1 is 0.538 bits per heavy atom. The Morgan fingerprint density at radius 2 is 1.15 bits per heavy atom. The van der Waals surface area contributed by atoms with E-state index in [1.54, 1.807) is 0 Å². The lowest BCUT2D eigenvalue weighted by Crippen LogP contribution is -1.72. The molecule has 0 bridgehead atoms. The highest BCUT2D eigenvalue weighted by Gasteiger charge is 1.83. The van der Waals surface area contributed by atoms with E-state index in [0.29, 0.717) is 0 Å². The van der Waals surface area contributed by atoms with Crippen molar-refractivity contribution in [3.8, 4) is 0 Å². The topological polar surface area (TPSA) is 0 Å². The van der Waals surface area contributed by atoms with E-state index in [9.17, 15) is 0 Å². The van der Waals surface area contributed by atoms with Crippen LogP contribution in [0.5, 0.6) is 0 Å². The van der Waals surface area contributed by atoms with Crippen molar-refractivity contribution in [3.05, 3.63) is 55.0 Å². The standard InChI is InChI=1S/C13H17/c1-2-4-6-8-10-12-13-11-9-7-5-3-1/h1-4,7-9,11,13H,5-6,10,12H2/b3-1+,4-2-,9-7+,13-11-. The van der Waals surface area contributed by atoms with Crippen molar-refractivity contribution in [3.63, 3.8) is 0 Å². The van der Waals surface area contributed by atoms with Crippen LogP contribution in [-0.4, -0.2) is 0 Å². The lowest BCUT2D eigenvalue weighted by atomic mass is 10.2. The molecule has 0 saturated carbocycles. The molecule has 0 amide bonds. The second-order valence-electron chi connectivity index (χ2n) is 3.05. The first-order valence-electron chi connectivity index (χ1n) is 4.95. The number of allylic oxidation sites excluding steroid dienone is 8. The SMILES string of the molecule is [CH]1C/C=C\C=C\C/C=C/C=C\CC1. The van der Waals surface area contributed by atoms with Crippen molar-refractivity contribution >= 4 is 0 Å². The molecule has 13 heavy (non-hydrogen) atoms. The van der Waals surface area contributed by atoms with E-state index in [1.165, 1.54) is 6.42 Å². The third-order valence-corrected chi connectivity index (χ3v) is 1.88. The van der Waals surface area contributed by atoms with Crippen molar-refractivity contribution in [2.24, 2.45) is 0 Å². The molecule has 0 spiro atoms. The van der Waals surface area contributed by atoms with E-state index < -0.39 is 0 Å². The maximum absolute atomic E-state index is 2.32. The van der Waals surface area contributed by atoms with Crippen LogP contribution in [0.25, 0.3) is 0 Å². The molecular weight excluding hydrogens is 156 g/mol. The molecule has 0 N–H and O–H groups in total. The van der Waals surface area contributed by atoms with Gasteiger partial charge in [0, 0.05) is 0 Å². The third-order valence-electron chi connectivity index (χ3n) is 1.88. The zero-order chi connectivity index (χ0) is 9.19. The van der Waals surface area contributed by atoms with E-state index in [4.69, 9.17) is 0 Å². The molecule has 1 aliphatic rings. The van der Waals surface area contributed by atoms with E-state index in [1.807, 2.05) is 0 Å². The summed E-state index contributed by atoms with van der Waals surface area (Å²) in [5.74, 6) is 0. The van der Waals surface area contributed by atoms with Gasteiger partial charge in [0.25, 0.3) is 0 Å². The van der Waals surface area contributed by atoms with Crippen molar-refractivity contribution in [1.82, 2.24) is 0 Å². The van der Waals surface area contributed by atoms with Crippen LogP contribution in [0, 0.1) is 6.42 Å². The molecule has 0 unspecified atom stereocenters. The predicted molar refractivity (Wildman–Crippen MR) is 59.3 cm³/mol. The van der Waals surface area contributed by atoms with Gasteiger partial charge in [-0.2, -0.15) is 0 Å². The maximum Gasteiger partial charge on any atom is -0.0163 e. The van der Waals surface area contributed by atoms with E-state index >= 15 is 0 Å². The molecule has 0 aromatic rings. The molecule has 0 atom stereocenters. The van der Waals surface area contributed by atoms with Gasteiger partial charge in [-0.25, -0.2) is 0 Å². The Morgan fingerprint density at radius 3 is 1.92 bits per heavy atom. The van der Waals surface area contributed by atoms with Crippen molar-refractivity contribution in [2.75, 3.05) is 0 Å². The molecular formula is C13H17. The van der Waals surface area contributed by atoms with Crippen LogP contribution in [0.1, 0.15) is 25.7 Å². The Kier molecular flexibility index (Phi) is 5.87. The zero-order valence-corrected chi connectivity index (χ0v) is 8.02. The predicted octanol–water partition coefficient (Wildman–Crippen LogP) is 3.99. The van der Waals surface area contributed by atoms with Gasteiger partial charge in [0.15, 0.2) is 0 Å². The normalized spacial score (nSPS) is 28.9. The Hall–Kier alpha value is -1.04. The van der Waals surface area contributed by atoms with Crippen molar-refractivity contribution < 1.29 is 0 Å². The summed E-state index contributed by atoms with van der Waals surface area (Å²) in [5.41, 5.74) is 0. The molecule has 0 nitrogen and oxygen atoms in total. The first-order valence-corrected chi connectivity index (χ1v) is 4.95.